The van der Waals surface area contributed by atoms with Gasteiger partial charge in [0.1, 0.15) is 12.6 Å². The van der Waals surface area contributed by atoms with Gasteiger partial charge < -0.3 is 15.4 Å². The van der Waals surface area contributed by atoms with Gasteiger partial charge in [0.05, 0.1) is 5.56 Å². The van der Waals surface area contributed by atoms with Crippen LogP contribution in [0.4, 0.5) is 18.0 Å². The minimum absolute atomic E-state index is 0.0922. The van der Waals surface area contributed by atoms with Gasteiger partial charge in [-0.25, -0.2) is 4.79 Å². The summed E-state index contributed by atoms with van der Waals surface area (Å²) in [6, 6.07) is 13.1. The molecule has 0 unspecified atom stereocenters. The van der Waals surface area contributed by atoms with Crippen molar-refractivity contribution in [3.05, 3.63) is 71.3 Å². The molecule has 0 spiro atoms. The van der Waals surface area contributed by atoms with E-state index in [1.165, 1.54) is 19.1 Å². The van der Waals surface area contributed by atoms with Crippen LogP contribution < -0.4 is 10.6 Å². The molecule has 28 heavy (non-hydrogen) atoms. The largest absolute Gasteiger partial charge is 0.445 e. The number of amides is 2. The third-order valence-electron chi connectivity index (χ3n) is 3.93. The average Bonchev–Trinajstić information content (AvgIpc) is 2.66. The fourth-order valence-electron chi connectivity index (χ4n) is 2.35. The fourth-order valence-corrected chi connectivity index (χ4v) is 2.35. The molecule has 0 aromatic heterocycles. The molecule has 0 aliphatic heterocycles. The van der Waals surface area contributed by atoms with E-state index in [-0.39, 0.29) is 13.2 Å². The van der Waals surface area contributed by atoms with E-state index in [2.05, 4.69) is 10.6 Å². The van der Waals surface area contributed by atoms with Gasteiger partial charge >= 0.3 is 12.3 Å². The van der Waals surface area contributed by atoms with E-state index < -0.39 is 29.8 Å². The van der Waals surface area contributed by atoms with Crippen molar-refractivity contribution >= 4 is 12.0 Å². The first-order valence-corrected chi connectivity index (χ1v) is 8.67. The number of ether oxygens (including phenoxy) is 1. The lowest BCUT2D eigenvalue weighted by Crippen LogP contribution is -2.45. The van der Waals surface area contributed by atoms with Gasteiger partial charge in [-0.15, -0.1) is 0 Å². The highest BCUT2D eigenvalue weighted by molar-refractivity contribution is 5.85. The van der Waals surface area contributed by atoms with E-state index in [0.717, 1.165) is 17.7 Å². The molecule has 8 heteroatoms. The Morgan fingerprint density at radius 1 is 1.00 bits per heavy atom. The van der Waals surface area contributed by atoms with Crippen LogP contribution in [-0.2, 0) is 28.7 Å². The zero-order valence-electron chi connectivity index (χ0n) is 15.3. The Morgan fingerprint density at radius 2 is 1.64 bits per heavy atom. The number of nitrogens with one attached hydrogen (secondary N) is 2. The lowest BCUT2D eigenvalue weighted by Gasteiger charge is -2.14. The molecule has 0 saturated carbocycles. The Kier molecular flexibility index (Phi) is 7.43. The molecule has 0 aliphatic rings. The Hall–Kier alpha value is -3.03. The summed E-state index contributed by atoms with van der Waals surface area (Å²) in [5, 5.41) is 5.05. The lowest BCUT2D eigenvalue weighted by molar-refractivity contribution is -0.137. The first-order valence-electron chi connectivity index (χ1n) is 8.67. The topological polar surface area (TPSA) is 67.4 Å². The maximum Gasteiger partial charge on any atom is 0.416 e. The average molecular weight is 394 g/mol. The van der Waals surface area contributed by atoms with Crippen molar-refractivity contribution in [1.82, 2.24) is 10.6 Å². The second-order valence-electron chi connectivity index (χ2n) is 6.16. The SMILES string of the molecule is C[C@H](NC(=O)OCc1ccccc1)C(=O)NCCc1ccc(C(F)(F)F)cc1. The first-order chi connectivity index (χ1) is 13.3. The summed E-state index contributed by atoms with van der Waals surface area (Å²) in [6.07, 6.45) is -4.72. The Balaban J connectivity index is 1.69. The van der Waals surface area contributed by atoms with Crippen LogP contribution in [0.15, 0.2) is 54.6 Å². The van der Waals surface area contributed by atoms with Crippen molar-refractivity contribution < 1.29 is 27.5 Å². The van der Waals surface area contributed by atoms with Gasteiger partial charge in [-0.2, -0.15) is 13.2 Å². The molecule has 2 aromatic rings. The molecule has 0 fully saturated rings. The van der Waals surface area contributed by atoms with Crippen molar-refractivity contribution in [3.8, 4) is 0 Å². The van der Waals surface area contributed by atoms with Gasteiger partial charge in [0.15, 0.2) is 0 Å². The normalized spacial score (nSPS) is 12.1. The molecule has 2 rings (SSSR count). The molecule has 0 aliphatic carbocycles. The van der Waals surface area contributed by atoms with Crippen LogP contribution in [-0.4, -0.2) is 24.6 Å². The molecule has 2 N–H and O–H groups in total. The van der Waals surface area contributed by atoms with Crippen LogP contribution in [0.2, 0.25) is 0 Å². The summed E-state index contributed by atoms with van der Waals surface area (Å²) >= 11 is 0. The molecular formula is C20H21F3N2O3. The third kappa shape index (κ3) is 6.94. The van der Waals surface area contributed by atoms with Gasteiger partial charge in [-0.3, -0.25) is 4.79 Å². The van der Waals surface area contributed by atoms with Crippen LogP contribution >= 0.6 is 0 Å². The number of rotatable bonds is 7. The van der Waals surface area contributed by atoms with E-state index in [4.69, 9.17) is 4.74 Å². The monoisotopic (exact) mass is 394 g/mol. The molecule has 0 saturated heterocycles. The summed E-state index contributed by atoms with van der Waals surface area (Å²) in [5.41, 5.74) is 0.773. The van der Waals surface area contributed by atoms with E-state index in [0.29, 0.717) is 12.0 Å². The van der Waals surface area contributed by atoms with E-state index in [1.54, 1.807) is 0 Å². The quantitative estimate of drug-likeness (QED) is 0.753. The second kappa shape index (κ2) is 9.77. The highest BCUT2D eigenvalue weighted by Crippen LogP contribution is 2.29. The number of carbonyl (C=O) groups is 2. The summed E-state index contributed by atoms with van der Waals surface area (Å²) < 4.78 is 42.6. The smallest absolute Gasteiger partial charge is 0.416 e. The van der Waals surface area contributed by atoms with Gasteiger partial charge in [0.25, 0.3) is 0 Å². The molecule has 5 nitrogen and oxygen atoms in total. The number of halogens is 3. The summed E-state index contributed by atoms with van der Waals surface area (Å²) in [4.78, 5) is 23.7. The molecule has 0 heterocycles. The van der Waals surface area contributed by atoms with Gasteiger partial charge in [0.2, 0.25) is 5.91 Å². The summed E-state index contributed by atoms with van der Waals surface area (Å²) in [7, 11) is 0. The number of hydrogen-bond acceptors (Lipinski definition) is 3. The molecule has 2 aromatic carbocycles. The number of alkyl carbamates (subject to hydrolysis) is 1. The standard InChI is InChI=1S/C20H21F3N2O3/c1-14(25-19(27)28-13-16-5-3-2-4-6-16)18(26)24-12-11-15-7-9-17(10-8-15)20(21,22)23/h2-10,14H,11-13H2,1H3,(H,24,26)(H,25,27)/t14-/m0/s1. The first kappa shape index (κ1) is 21.3. The molecule has 0 radical (unpaired) electrons. The number of alkyl halides is 3. The Labute approximate surface area is 160 Å². The van der Waals surface area contributed by atoms with E-state index >= 15 is 0 Å². The molecule has 150 valence electrons. The zero-order chi connectivity index (χ0) is 20.6. The van der Waals surface area contributed by atoms with E-state index in [9.17, 15) is 22.8 Å². The third-order valence-corrected chi connectivity index (χ3v) is 3.93. The number of hydrogen-bond donors (Lipinski definition) is 2. The van der Waals surface area contributed by atoms with Crippen LogP contribution in [0.3, 0.4) is 0 Å². The fraction of sp³-hybridized carbons (Fsp3) is 0.300. The summed E-state index contributed by atoms with van der Waals surface area (Å²) in [6.45, 7) is 1.83. The number of benzene rings is 2. The minimum Gasteiger partial charge on any atom is -0.445 e. The van der Waals surface area contributed by atoms with Crippen molar-refractivity contribution in [3.63, 3.8) is 0 Å². The predicted octanol–water partition coefficient (Wildman–Crippen LogP) is 3.68. The molecular weight excluding hydrogens is 373 g/mol. The molecule has 2 amide bonds. The van der Waals surface area contributed by atoms with Crippen molar-refractivity contribution in [1.29, 1.82) is 0 Å². The van der Waals surface area contributed by atoms with Gasteiger partial charge in [-0.05, 0) is 36.6 Å². The van der Waals surface area contributed by atoms with Crippen LogP contribution in [0.1, 0.15) is 23.6 Å². The highest BCUT2D eigenvalue weighted by Gasteiger charge is 2.29. The molecule has 1 atom stereocenters. The Morgan fingerprint density at radius 3 is 2.25 bits per heavy atom. The van der Waals surface area contributed by atoms with Gasteiger partial charge in [-0.1, -0.05) is 42.5 Å². The highest BCUT2D eigenvalue weighted by atomic mass is 19.4. The van der Waals surface area contributed by atoms with Gasteiger partial charge in [0, 0.05) is 6.54 Å². The lowest BCUT2D eigenvalue weighted by atomic mass is 10.1. The zero-order valence-corrected chi connectivity index (χ0v) is 15.3. The van der Waals surface area contributed by atoms with Crippen molar-refractivity contribution in [2.75, 3.05) is 6.54 Å². The van der Waals surface area contributed by atoms with E-state index in [1.807, 2.05) is 30.3 Å². The minimum atomic E-state index is -4.37. The Bertz CT molecular complexity index is 778. The predicted molar refractivity (Wildman–Crippen MR) is 97.4 cm³/mol. The molecule has 0 bridgehead atoms. The summed E-state index contributed by atoms with van der Waals surface area (Å²) in [5.74, 6) is -0.413. The van der Waals surface area contributed by atoms with Crippen LogP contribution in [0, 0.1) is 0 Å². The van der Waals surface area contributed by atoms with Crippen LogP contribution in [0.5, 0.6) is 0 Å². The van der Waals surface area contributed by atoms with Crippen LogP contribution in [0.25, 0.3) is 0 Å². The maximum atomic E-state index is 12.5. The maximum absolute atomic E-state index is 12.5. The number of carbonyl (C=O) groups excluding carboxylic acids is 2. The second-order valence-corrected chi connectivity index (χ2v) is 6.16. The van der Waals surface area contributed by atoms with Crippen molar-refractivity contribution in [2.45, 2.75) is 32.2 Å². The van der Waals surface area contributed by atoms with Crippen molar-refractivity contribution in [2.24, 2.45) is 0 Å².